The molecule has 0 radical (unpaired) electrons. The number of nitrogens with zero attached hydrogens (tertiary/aromatic N) is 1. The fourth-order valence-electron chi connectivity index (χ4n) is 1.06. The zero-order chi connectivity index (χ0) is 10.6. The Bertz CT molecular complexity index is 300. The van der Waals surface area contributed by atoms with E-state index >= 15 is 0 Å². The van der Waals surface area contributed by atoms with Gasteiger partial charge in [-0.05, 0) is 31.5 Å². The number of pyridine rings is 1. The van der Waals surface area contributed by atoms with Gasteiger partial charge in [0.1, 0.15) is 5.38 Å². The van der Waals surface area contributed by atoms with Crippen molar-refractivity contribution in [1.82, 2.24) is 10.3 Å². The van der Waals surface area contributed by atoms with Crippen LogP contribution in [0.25, 0.3) is 0 Å². The minimum Gasteiger partial charge on any atom is -0.348 e. The van der Waals surface area contributed by atoms with Gasteiger partial charge in [-0.3, -0.25) is 9.78 Å². The quantitative estimate of drug-likeness (QED) is 0.778. The van der Waals surface area contributed by atoms with Gasteiger partial charge < -0.3 is 5.32 Å². The molecular formula is C10H13ClN2O. The minimum atomic E-state index is -0.501. The summed E-state index contributed by atoms with van der Waals surface area (Å²) in [5.74, 6) is -0.157. The maximum atomic E-state index is 11.3. The van der Waals surface area contributed by atoms with E-state index in [4.69, 9.17) is 11.6 Å². The van der Waals surface area contributed by atoms with Crippen LogP contribution in [0, 0.1) is 0 Å². The van der Waals surface area contributed by atoms with E-state index in [2.05, 4.69) is 10.3 Å². The van der Waals surface area contributed by atoms with Crippen molar-refractivity contribution in [3.05, 3.63) is 30.1 Å². The monoisotopic (exact) mass is 212 g/mol. The first-order valence-electron chi connectivity index (χ1n) is 4.45. The van der Waals surface area contributed by atoms with E-state index in [1.807, 2.05) is 19.1 Å². The average Bonchev–Trinajstić information content (AvgIpc) is 2.19. The second-order valence-electron chi connectivity index (χ2n) is 3.13. The van der Waals surface area contributed by atoms with Crippen molar-refractivity contribution in [1.29, 1.82) is 0 Å². The van der Waals surface area contributed by atoms with Gasteiger partial charge in [0.15, 0.2) is 0 Å². The first kappa shape index (κ1) is 11.0. The van der Waals surface area contributed by atoms with Gasteiger partial charge in [0, 0.05) is 12.4 Å². The van der Waals surface area contributed by atoms with Crippen molar-refractivity contribution in [2.75, 3.05) is 0 Å². The Balaban J connectivity index is 2.59. The predicted octanol–water partition coefficient (Wildman–Crippen LogP) is 1.89. The summed E-state index contributed by atoms with van der Waals surface area (Å²) in [6.45, 7) is 3.56. The molecule has 0 saturated heterocycles. The standard InChI is InChI=1S/C10H13ClN2O/c1-7(11)10(14)13-8(2)9-3-5-12-6-4-9/h3-8H,1-2H3,(H,13,14)/t7?,8-/m1/s1. The number of hydrogen-bond acceptors (Lipinski definition) is 2. The molecule has 1 rings (SSSR count). The molecule has 1 aromatic rings. The molecule has 2 atom stereocenters. The number of aromatic nitrogens is 1. The molecule has 0 aliphatic carbocycles. The molecule has 0 aromatic carbocycles. The molecule has 0 spiro atoms. The number of nitrogens with one attached hydrogen (secondary N) is 1. The molecule has 1 unspecified atom stereocenters. The summed E-state index contributed by atoms with van der Waals surface area (Å²) >= 11 is 5.64. The third-order valence-electron chi connectivity index (χ3n) is 1.93. The van der Waals surface area contributed by atoms with Crippen LogP contribution < -0.4 is 5.32 Å². The van der Waals surface area contributed by atoms with E-state index in [0.29, 0.717) is 0 Å². The van der Waals surface area contributed by atoms with Crippen LogP contribution in [0.5, 0.6) is 0 Å². The lowest BCUT2D eigenvalue weighted by atomic mass is 10.1. The van der Waals surface area contributed by atoms with Crippen LogP contribution in [0.1, 0.15) is 25.5 Å². The second-order valence-corrected chi connectivity index (χ2v) is 3.78. The molecule has 0 saturated carbocycles. The lowest BCUT2D eigenvalue weighted by Gasteiger charge is -2.14. The largest absolute Gasteiger partial charge is 0.348 e. The molecule has 14 heavy (non-hydrogen) atoms. The maximum absolute atomic E-state index is 11.3. The first-order valence-corrected chi connectivity index (χ1v) is 4.89. The number of carbonyl (C=O) groups is 1. The van der Waals surface area contributed by atoms with Crippen molar-refractivity contribution in [3.63, 3.8) is 0 Å². The molecule has 0 bridgehead atoms. The van der Waals surface area contributed by atoms with Crippen LogP contribution in [-0.2, 0) is 4.79 Å². The Morgan fingerprint density at radius 2 is 2.00 bits per heavy atom. The van der Waals surface area contributed by atoms with E-state index in [9.17, 15) is 4.79 Å². The molecule has 0 aliphatic rings. The van der Waals surface area contributed by atoms with Crippen molar-refractivity contribution in [2.45, 2.75) is 25.3 Å². The summed E-state index contributed by atoms with van der Waals surface area (Å²) < 4.78 is 0. The topological polar surface area (TPSA) is 42.0 Å². The highest BCUT2D eigenvalue weighted by Gasteiger charge is 2.12. The van der Waals surface area contributed by atoms with Gasteiger partial charge in [-0.15, -0.1) is 11.6 Å². The minimum absolute atomic E-state index is 0.0355. The zero-order valence-corrected chi connectivity index (χ0v) is 8.95. The van der Waals surface area contributed by atoms with Crippen LogP contribution in [0.15, 0.2) is 24.5 Å². The van der Waals surface area contributed by atoms with Crippen LogP contribution in [0.4, 0.5) is 0 Å². The van der Waals surface area contributed by atoms with E-state index in [0.717, 1.165) is 5.56 Å². The summed E-state index contributed by atoms with van der Waals surface area (Å²) in [5, 5.41) is 2.30. The number of carbonyl (C=O) groups excluding carboxylic acids is 1. The number of rotatable bonds is 3. The maximum Gasteiger partial charge on any atom is 0.238 e. The van der Waals surface area contributed by atoms with E-state index in [1.165, 1.54) is 0 Å². The Labute approximate surface area is 88.5 Å². The summed E-state index contributed by atoms with van der Waals surface area (Å²) in [6.07, 6.45) is 3.39. The molecule has 76 valence electrons. The van der Waals surface area contributed by atoms with Crippen molar-refractivity contribution < 1.29 is 4.79 Å². The average molecular weight is 213 g/mol. The molecule has 0 aliphatic heterocycles. The Hall–Kier alpha value is -1.09. The predicted molar refractivity (Wildman–Crippen MR) is 56.1 cm³/mol. The third-order valence-corrected chi connectivity index (χ3v) is 2.12. The van der Waals surface area contributed by atoms with E-state index in [1.54, 1.807) is 19.3 Å². The fourth-order valence-corrected chi connectivity index (χ4v) is 1.13. The number of amides is 1. The van der Waals surface area contributed by atoms with Gasteiger partial charge in [-0.2, -0.15) is 0 Å². The van der Waals surface area contributed by atoms with Gasteiger partial charge in [-0.1, -0.05) is 0 Å². The summed E-state index contributed by atoms with van der Waals surface area (Å²) in [7, 11) is 0. The van der Waals surface area contributed by atoms with Crippen molar-refractivity contribution in [3.8, 4) is 0 Å². The van der Waals surface area contributed by atoms with Crippen LogP contribution in [-0.4, -0.2) is 16.3 Å². The normalized spacial score (nSPS) is 14.5. The molecule has 4 heteroatoms. The van der Waals surface area contributed by atoms with Gasteiger partial charge in [0.25, 0.3) is 0 Å². The number of halogens is 1. The Morgan fingerprint density at radius 1 is 1.43 bits per heavy atom. The van der Waals surface area contributed by atoms with Gasteiger partial charge in [-0.25, -0.2) is 0 Å². The molecule has 1 amide bonds. The highest BCUT2D eigenvalue weighted by molar-refractivity contribution is 6.30. The van der Waals surface area contributed by atoms with Crippen LogP contribution in [0.2, 0.25) is 0 Å². The zero-order valence-electron chi connectivity index (χ0n) is 8.20. The highest BCUT2D eigenvalue weighted by atomic mass is 35.5. The number of hydrogen-bond donors (Lipinski definition) is 1. The summed E-state index contributed by atoms with van der Waals surface area (Å²) in [4.78, 5) is 15.2. The Morgan fingerprint density at radius 3 is 2.50 bits per heavy atom. The van der Waals surface area contributed by atoms with Gasteiger partial charge in [0.2, 0.25) is 5.91 Å². The lowest BCUT2D eigenvalue weighted by Crippen LogP contribution is -2.31. The molecule has 3 nitrogen and oxygen atoms in total. The second kappa shape index (κ2) is 4.96. The molecule has 1 aromatic heterocycles. The molecule has 1 N–H and O–H groups in total. The van der Waals surface area contributed by atoms with Crippen LogP contribution >= 0.6 is 11.6 Å². The lowest BCUT2D eigenvalue weighted by molar-refractivity contribution is -0.121. The van der Waals surface area contributed by atoms with Crippen LogP contribution in [0.3, 0.4) is 0 Å². The number of alkyl halides is 1. The van der Waals surface area contributed by atoms with E-state index in [-0.39, 0.29) is 11.9 Å². The summed E-state index contributed by atoms with van der Waals surface area (Å²) in [5.41, 5.74) is 1.02. The van der Waals surface area contributed by atoms with E-state index < -0.39 is 5.38 Å². The van der Waals surface area contributed by atoms with Crippen molar-refractivity contribution >= 4 is 17.5 Å². The summed E-state index contributed by atoms with van der Waals surface area (Å²) in [6, 6.07) is 3.69. The third kappa shape index (κ3) is 3.00. The van der Waals surface area contributed by atoms with Gasteiger partial charge >= 0.3 is 0 Å². The SMILES string of the molecule is CC(Cl)C(=O)N[C@H](C)c1ccncc1. The molecular weight excluding hydrogens is 200 g/mol. The first-order chi connectivity index (χ1) is 6.61. The van der Waals surface area contributed by atoms with Crippen molar-refractivity contribution in [2.24, 2.45) is 0 Å². The molecule has 1 heterocycles. The van der Waals surface area contributed by atoms with Gasteiger partial charge in [0.05, 0.1) is 6.04 Å². The Kier molecular flexibility index (Phi) is 3.89. The fraction of sp³-hybridized carbons (Fsp3) is 0.400. The molecule has 0 fully saturated rings. The highest BCUT2D eigenvalue weighted by Crippen LogP contribution is 2.10. The smallest absolute Gasteiger partial charge is 0.238 e.